The zero-order chi connectivity index (χ0) is 41.4. The van der Waals surface area contributed by atoms with Crippen LogP contribution in [0.15, 0.2) is 167 Å². The lowest BCUT2D eigenvalue weighted by atomic mass is 9.59. The number of hydrogen-bond donors (Lipinski definition) is 0. The Labute approximate surface area is 358 Å². The van der Waals surface area contributed by atoms with Crippen molar-refractivity contribution in [2.75, 3.05) is 0 Å². The van der Waals surface area contributed by atoms with E-state index in [1.54, 1.807) is 0 Å². The predicted octanol–water partition coefficient (Wildman–Crippen LogP) is 7.64. The van der Waals surface area contributed by atoms with Gasteiger partial charge in [-0.1, -0.05) is 138 Å². The van der Waals surface area contributed by atoms with E-state index in [4.69, 9.17) is 63.0 Å². The van der Waals surface area contributed by atoms with E-state index in [0.717, 1.165) is 82.8 Å². The molecule has 0 bridgehead atoms. The van der Waals surface area contributed by atoms with Crippen molar-refractivity contribution < 1.29 is 8.83 Å². The summed E-state index contributed by atoms with van der Waals surface area (Å²) in [6.45, 7) is 0. The summed E-state index contributed by atoms with van der Waals surface area (Å²) in [5.41, 5.74) is 12.2. The predicted molar refractivity (Wildman–Crippen MR) is 254 cm³/mol. The molecular formula is C51H26B5N3O2. The van der Waals surface area contributed by atoms with Gasteiger partial charge in [0.15, 0.2) is 17.5 Å². The molecule has 0 N–H and O–H groups in total. The number of para-hydroxylation sites is 3. The fourth-order valence-corrected chi connectivity index (χ4v) is 8.26. The Kier molecular flexibility index (Phi) is 8.71. The average molecular weight is 767 g/mol. The molecule has 61 heavy (non-hydrogen) atoms. The maximum atomic E-state index is 6.72. The van der Waals surface area contributed by atoms with Crippen LogP contribution in [-0.4, -0.2) is 54.2 Å². The lowest BCUT2D eigenvalue weighted by Crippen LogP contribution is -2.55. The molecule has 3 heterocycles. The zero-order valence-corrected chi connectivity index (χ0v) is 32.6. The number of nitrogens with zero attached hydrogens (tertiary/aromatic N) is 3. The summed E-state index contributed by atoms with van der Waals surface area (Å²) in [4.78, 5) is 15.2. The quantitative estimate of drug-likeness (QED) is 0.163. The molecular weight excluding hydrogens is 741 g/mol. The Morgan fingerprint density at radius 1 is 0.311 bits per heavy atom. The van der Waals surface area contributed by atoms with Gasteiger partial charge in [-0.15, -0.1) is 16.4 Å². The Hall–Kier alpha value is -7.31. The second-order valence-electron chi connectivity index (χ2n) is 15.0. The van der Waals surface area contributed by atoms with Crippen LogP contribution in [0.1, 0.15) is 0 Å². The number of rotatable bonds is 6. The Bertz CT molecular complexity index is 3500. The first-order chi connectivity index (χ1) is 29.8. The number of fused-ring (bicyclic) bond motifs is 6. The molecule has 0 fully saturated rings. The van der Waals surface area contributed by atoms with Gasteiger partial charge in [-0.2, -0.15) is 0 Å². The number of furan rings is 2. The standard InChI is InChI=1S/C51H26B5N3O2/c52-42-41(43(53)45(55)46(56)44(42)54)30-22-20-28(21-23-30)27-16-18-29(19-17-27)32-24-25-34-36-12-7-14-38(48(36)61-40(34)26-32)51-58-49(31-8-2-1-3-9-31)57-50(59-51)37-13-6-11-35-33-10-4-5-15-39(33)60-47(35)37/h1-26H. The first-order valence-corrected chi connectivity index (χ1v) is 19.7. The number of benzene rings is 8. The molecule has 5 nitrogen and oxygen atoms in total. The highest BCUT2D eigenvalue weighted by molar-refractivity contribution is 6.68. The Balaban J connectivity index is 0.957. The van der Waals surface area contributed by atoms with E-state index in [0.29, 0.717) is 39.5 Å². The van der Waals surface area contributed by atoms with Crippen molar-refractivity contribution in [2.24, 2.45) is 0 Å². The van der Waals surface area contributed by atoms with E-state index < -0.39 is 0 Å². The van der Waals surface area contributed by atoms with Gasteiger partial charge in [0.25, 0.3) is 0 Å². The van der Waals surface area contributed by atoms with E-state index >= 15 is 0 Å². The van der Waals surface area contributed by atoms with Gasteiger partial charge in [-0.25, -0.2) is 15.0 Å². The summed E-state index contributed by atoms with van der Waals surface area (Å²) in [7, 11) is 30.9. The smallest absolute Gasteiger partial charge is 0.167 e. The monoisotopic (exact) mass is 767 g/mol. The molecule has 0 spiro atoms. The summed E-state index contributed by atoms with van der Waals surface area (Å²) < 4.78 is 13.1. The summed E-state index contributed by atoms with van der Waals surface area (Å²) in [6.07, 6.45) is 0. The van der Waals surface area contributed by atoms with Gasteiger partial charge in [0, 0.05) is 27.1 Å². The topological polar surface area (TPSA) is 65.0 Å². The van der Waals surface area contributed by atoms with Crippen molar-refractivity contribution in [1.82, 2.24) is 15.0 Å². The number of hydrogen-bond acceptors (Lipinski definition) is 5. The molecule has 0 atom stereocenters. The molecule has 0 saturated carbocycles. The van der Waals surface area contributed by atoms with Crippen LogP contribution >= 0.6 is 0 Å². The normalized spacial score (nSPS) is 11.6. The lowest BCUT2D eigenvalue weighted by molar-refractivity contribution is 0.669. The minimum Gasteiger partial charge on any atom is -0.455 e. The van der Waals surface area contributed by atoms with E-state index in [-0.39, 0.29) is 16.4 Å². The SMILES string of the molecule is [B]c1c([B])c([B])c(-c2ccc(-c3ccc(-c4ccc5c(c4)oc4c(-c6nc(-c7ccccc7)nc(-c7cccc8c7oc7ccccc78)n6)cccc45)cc3)cc2)c([B])c1[B]. The van der Waals surface area contributed by atoms with Gasteiger partial charge >= 0.3 is 0 Å². The Morgan fingerprint density at radius 3 is 1.36 bits per heavy atom. The molecule has 11 rings (SSSR count). The highest BCUT2D eigenvalue weighted by Gasteiger charge is 2.21. The maximum Gasteiger partial charge on any atom is 0.167 e. The van der Waals surface area contributed by atoms with Gasteiger partial charge in [0.1, 0.15) is 61.6 Å². The van der Waals surface area contributed by atoms with Gasteiger partial charge in [0.2, 0.25) is 0 Å². The molecule has 3 aromatic heterocycles. The van der Waals surface area contributed by atoms with Crippen LogP contribution in [0.4, 0.5) is 0 Å². The van der Waals surface area contributed by atoms with Crippen LogP contribution in [0, 0.1) is 0 Å². The maximum absolute atomic E-state index is 6.72. The van der Waals surface area contributed by atoms with Gasteiger partial charge in [0.05, 0.1) is 11.1 Å². The summed E-state index contributed by atoms with van der Waals surface area (Å²) in [5, 5.41) is 4.00. The molecule has 10 heteroatoms. The van der Waals surface area contributed by atoms with E-state index in [1.807, 2.05) is 97.1 Å². The third kappa shape index (κ3) is 6.12. The first kappa shape index (κ1) is 36.8. The van der Waals surface area contributed by atoms with Gasteiger partial charge in [-0.3, -0.25) is 0 Å². The van der Waals surface area contributed by atoms with Crippen LogP contribution in [0.2, 0.25) is 0 Å². The Morgan fingerprint density at radius 2 is 0.754 bits per heavy atom. The van der Waals surface area contributed by atoms with Crippen LogP contribution in [0.25, 0.3) is 111 Å². The summed E-state index contributed by atoms with van der Waals surface area (Å²) >= 11 is 0. The van der Waals surface area contributed by atoms with Crippen molar-refractivity contribution in [3.05, 3.63) is 158 Å². The van der Waals surface area contributed by atoms with Gasteiger partial charge in [-0.05, 0) is 63.7 Å². The third-order valence-electron chi connectivity index (χ3n) is 11.5. The van der Waals surface area contributed by atoms with Crippen LogP contribution in [-0.2, 0) is 0 Å². The van der Waals surface area contributed by atoms with Gasteiger partial charge < -0.3 is 8.83 Å². The second-order valence-corrected chi connectivity index (χ2v) is 15.0. The van der Waals surface area contributed by atoms with Crippen molar-refractivity contribution in [3.8, 4) is 67.5 Å². The molecule has 272 valence electrons. The van der Waals surface area contributed by atoms with Crippen LogP contribution < -0.4 is 27.3 Å². The van der Waals surface area contributed by atoms with Crippen molar-refractivity contribution in [3.63, 3.8) is 0 Å². The van der Waals surface area contributed by atoms with Crippen LogP contribution in [0.5, 0.6) is 0 Å². The van der Waals surface area contributed by atoms with E-state index in [2.05, 4.69) is 60.7 Å². The van der Waals surface area contributed by atoms with E-state index in [9.17, 15) is 0 Å². The molecule has 0 amide bonds. The lowest BCUT2D eigenvalue weighted by Gasteiger charge is -2.21. The minimum atomic E-state index is 0.195. The molecule has 0 unspecified atom stereocenters. The van der Waals surface area contributed by atoms with Crippen LogP contribution in [0.3, 0.4) is 0 Å². The fourth-order valence-electron chi connectivity index (χ4n) is 8.26. The molecule has 0 aliphatic heterocycles. The summed E-state index contributed by atoms with van der Waals surface area (Å²) in [5.74, 6) is 1.56. The van der Waals surface area contributed by atoms with Crippen molar-refractivity contribution in [2.45, 2.75) is 0 Å². The first-order valence-electron chi connectivity index (χ1n) is 19.7. The molecule has 0 saturated heterocycles. The molecule has 0 aliphatic carbocycles. The zero-order valence-electron chi connectivity index (χ0n) is 32.6. The number of aromatic nitrogens is 3. The van der Waals surface area contributed by atoms with Crippen molar-refractivity contribution in [1.29, 1.82) is 0 Å². The molecule has 11 aromatic rings. The molecule has 8 aromatic carbocycles. The third-order valence-corrected chi connectivity index (χ3v) is 11.5. The molecule has 10 radical (unpaired) electrons. The fraction of sp³-hybridized carbons (Fsp3) is 0. The second kappa shape index (κ2) is 14.5. The van der Waals surface area contributed by atoms with E-state index in [1.165, 1.54) is 0 Å². The highest BCUT2D eigenvalue weighted by atomic mass is 16.3. The molecule has 0 aliphatic rings. The summed E-state index contributed by atoms with van der Waals surface area (Å²) in [6, 6.07) is 52.8. The highest BCUT2D eigenvalue weighted by Crippen LogP contribution is 2.39. The largest absolute Gasteiger partial charge is 0.455 e. The van der Waals surface area contributed by atoms with Crippen molar-refractivity contribution >= 4 is 110 Å². The minimum absolute atomic E-state index is 0.195. The average Bonchev–Trinajstić information content (AvgIpc) is 3.89.